The lowest BCUT2D eigenvalue weighted by molar-refractivity contribution is -0.133. The largest absolute Gasteiger partial charge is 0.481 e. The van der Waals surface area contributed by atoms with Gasteiger partial charge >= 0.3 is 5.97 Å². The van der Waals surface area contributed by atoms with Crippen LogP contribution in [0.4, 0.5) is 0 Å². The van der Waals surface area contributed by atoms with Crippen molar-refractivity contribution in [2.45, 2.75) is 39.8 Å². The van der Waals surface area contributed by atoms with E-state index in [0.29, 0.717) is 18.6 Å². The third-order valence-corrected chi connectivity index (χ3v) is 3.39. The molecule has 5 nitrogen and oxygen atoms in total. The Morgan fingerprint density at radius 2 is 1.72 bits per heavy atom. The molecule has 0 fully saturated rings. The number of carboxylic acid groups (broad SMARTS) is 1. The van der Waals surface area contributed by atoms with Crippen molar-refractivity contribution < 1.29 is 14.7 Å². The van der Waals surface area contributed by atoms with Crippen LogP contribution in [0.2, 0.25) is 0 Å². The van der Waals surface area contributed by atoms with Gasteiger partial charge in [-0.1, -0.05) is 0 Å². The lowest BCUT2D eigenvalue weighted by Gasteiger charge is -2.30. The molecule has 0 radical (unpaired) electrons. The first-order valence-electron chi connectivity index (χ1n) is 6.16. The van der Waals surface area contributed by atoms with E-state index in [1.165, 1.54) is 0 Å². The summed E-state index contributed by atoms with van der Waals surface area (Å²) in [5.41, 5.74) is 0. The first kappa shape index (κ1) is 17.2. The van der Waals surface area contributed by atoms with Crippen LogP contribution in [0.1, 0.15) is 27.7 Å². The molecule has 0 heterocycles. The Morgan fingerprint density at radius 1 is 1.17 bits per heavy atom. The molecule has 0 aromatic rings. The van der Waals surface area contributed by atoms with Gasteiger partial charge in [-0.2, -0.15) is 0 Å². The van der Waals surface area contributed by atoms with Gasteiger partial charge in [0.05, 0.1) is 11.5 Å². The van der Waals surface area contributed by atoms with Gasteiger partial charge in [0.15, 0.2) is 0 Å². The zero-order valence-corrected chi connectivity index (χ0v) is 12.4. The summed E-state index contributed by atoms with van der Waals surface area (Å²) in [4.78, 5) is 24.0. The molecule has 0 aliphatic carbocycles. The summed E-state index contributed by atoms with van der Waals surface area (Å²) < 4.78 is 0. The van der Waals surface area contributed by atoms with Crippen LogP contribution < -0.4 is 5.32 Å². The van der Waals surface area contributed by atoms with Gasteiger partial charge < -0.3 is 10.4 Å². The highest BCUT2D eigenvalue weighted by atomic mass is 32.2. The van der Waals surface area contributed by atoms with E-state index >= 15 is 0 Å². The maximum Gasteiger partial charge on any atom is 0.313 e. The Hall–Kier alpha value is -0.750. The number of aliphatic carboxylic acids is 1. The van der Waals surface area contributed by atoms with E-state index in [0.717, 1.165) is 18.3 Å². The molecule has 0 aliphatic heterocycles. The van der Waals surface area contributed by atoms with Crippen LogP contribution in [0, 0.1) is 0 Å². The van der Waals surface area contributed by atoms with Crippen LogP contribution >= 0.6 is 11.8 Å². The predicted molar refractivity (Wildman–Crippen MR) is 74.9 cm³/mol. The third kappa shape index (κ3) is 8.36. The Morgan fingerprint density at radius 3 is 2.17 bits per heavy atom. The second-order valence-electron chi connectivity index (χ2n) is 4.66. The molecule has 0 atom stereocenters. The summed E-state index contributed by atoms with van der Waals surface area (Å²) >= 11 is 1.12. The van der Waals surface area contributed by atoms with Crippen molar-refractivity contribution in [3.05, 3.63) is 0 Å². The minimum Gasteiger partial charge on any atom is -0.481 e. The average molecular weight is 276 g/mol. The molecule has 1 amide bonds. The molecule has 6 heteroatoms. The molecule has 0 bridgehead atoms. The highest BCUT2D eigenvalue weighted by molar-refractivity contribution is 8.00. The summed E-state index contributed by atoms with van der Waals surface area (Å²) in [5, 5.41) is 11.2. The number of hydrogen-bond acceptors (Lipinski definition) is 4. The van der Waals surface area contributed by atoms with Gasteiger partial charge in [0.2, 0.25) is 5.91 Å². The van der Waals surface area contributed by atoms with E-state index in [4.69, 9.17) is 5.11 Å². The molecular formula is C12H24N2O3S. The molecule has 0 spiro atoms. The standard InChI is InChI=1S/C12H24N2O3S/c1-9(2)14(10(3)4)6-5-13-11(15)7-18-8-12(16)17/h9-10H,5-8H2,1-4H3,(H,13,15)(H,16,17). The lowest BCUT2D eigenvalue weighted by Crippen LogP contribution is -2.42. The molecule has 106 valence electrons. The van der Waals surface area contributed by atoms with Crippen LogP contribution in [0.15, 0.2) is 0 Å². The summed E-state index contributed by atoms with van der Waals surface area (Å²) in [6, 6.07) is 0.895. The normalized spacial score (nSPS) is 11.3. The van der Waals surface area contributed by atoms with Crippen molar-refractivity contribution in [3.63, 3.8) is 0 Å². The number of thioether (sulfide) groups is 1. The van der Waals surface area contributed by atoms with E-state index in [1.807, 2.05) is 0 Å². The first-order valence-corrected chi connectivity index (χ1v) is 7.32. The monoisotopic (exact) mass is 276 g/mol. The molecule has 18 heavy (non-hydrogen) atoms. The summed E-state index contributed by atoms with van der Waals surface area (Å²) in [7, 11) is 0. The number of carbonyl (C=O) groups excluding carboxylic acids is 1. The van der Waals surface area contributed by atoms with Crippen LogP contribution in [0.3, 0.4) is 0 Å². The molecule has 0 saturated heterocycles. The van der Waals surface area contributed by atoms with E-state index in [1.54, 1.807) is 0 Å². The van der Waals surface area contributed by atoms with Gasteiger partial charge in [-0.15, -0.1) is 11.8 Å². The van der Waals surface area contributed by atoms with Crippen molar-refractivity contribution in [2.75, 3.05) is 24.6 Å². The topological polar surface area (TPSA) is 69.6 Å². The summed E-state index contributed by atoms with van der Waals surface area (Å²) in [5.74, 6) is -0.819. The van der Waals surface area contributed by atoms with Crippen molar-refractivity contribution >= 4 is 23.6 Å². The van der Waals surface area contributed by atoms with Gasteiger partial charge in [0.25, 0.3) is 0 Å². The zero-order valence-electron chi connectivity index (χ0n) is 11.6. The zero-order chi connectivity index (χ0) is 14.1. The summed E-state index contributed by atoms with van der Waals surface area (Å²) in [6.07, 6.45) is 0. The second-order valence-corrected chi connectivity index (χ2v) is 5.65. The van der Waals surface area contributed by atoms with Crippen LogP contribution in [-0.4, -0.2) is 58.6 Å². The molecule has 0 aromatic heterocycles. The molecule has 0 saturated carbocycles. The van der Waals surface area contributed by atoms with Gasteiger partial charge in [-0.3, -0.25) is 14.5 Å². The highest BCUT2D eigenvalue weighted by Crippen LogP contribution is 2.03. The van der Waals surface area contributed by atoms with Gasteiger partial charge in [0.1, 0.15) is 0 Å². The Kier molecular flexibility index (Phi) is 8.83. The van der Waals surface area contributed by atoms with E-state index in [2.05, 4.69) is 37.9 Å². The third-order valence-electron chi connectivity index (χ3n) is 2.48. The van der Waals surface area contributed by atoms with Crippen molar-refractivity contribution in [1.82, 2.24) is 10.2 Å². The summed E-state index contributed by atoms with van der Waals surface area (Å²) in [6.45, 7) is 9.93. The maximum absolute atomic E-state index is 11.4. The fourth-order valence-electron chi connectivity index (χ4n) is 1.72. The minimum absolute atomic E-state index is 0.0302. The first-order chi connectivity index (χ1) is 8.34. The predicted octanol–water partition coefficient (Wildman–Crippen LogP) is 1.04. The maximum atomic E-state index is 11.4. The van der Waals surface area contributed by atoms with E-state index in [9.17, 15) is 9.59 Å². The number of rotatable bonds is 9. The number of nitrogens with one attached hydrogen (secondary N) is 1. The Balaban J connectivity index is 3.75. The smallest absolute Gasteiger partial charge is 0.313 e. The van der Waals surface area contributed by atoms with Crippen LogP contribution in [0.25, 0.3) is 0 Å². The fraction of sp³-hybridized carbons (Fsp3) is 0.833. The van der Waals surface area contributed by atoms with Gasteiger partial charge in [-0.05, 0) is 27.7 Å². The van der Waals surface area contributed by atoms with E-state index < -0.39 is 5.97 Å². The minimum atomic E-state index is -0.890. The number of carboxylic acids is 1. The van der Waals surface area contributed by atoms with E-state index in [-0.39, 0.29) is 17.4 Å². The molecule has 0 unspecified atom stereocenters. The lowest BCUT2D eigenvalue weighted by atomic mass is 10.2. The fourth-order valence-corrected chi connectivity index (χ4v) is 2.28. The van der Waals surface area contributed by atoms with Crippen molar-refractivity contribution in [3.8, 4) is 0 Å². The highest BCUT2D eigenvalue weighted by Gasteiger charge is 2.13. The van der Waals surface area contributed by atoms with Gasteiger partial charge in [-0.25, -0.2) is 0 Å². The molecule has 0 rings (SSSR count). The molecule has 0 aromatic carbocycles. The average Bonchev–Trinajstić information content (AvgIpc) is 2.22. The van der Waals surface area contributed by atoms with Crippen molar-refractivity contribution in [1.29, 1.82) is 0 Å². The number of hydrogen-bond donors (Lipinski definition) is 2. The van der Waals surface area contributed by atoms with Crippen LogP contribution in [0.5, 0.6) is 0 Å². The Labute approximate surface area is 113 Å². The van der Waals surface area contributed by atoms with Crippen LogP contribution in [-0.2, 0) is 9.59 Å². The Bertz CT molecular complexity index is 262. The number of amides is 1. The number of carbonyl (C=O) groups is 2. The number of nitrogens with zero attached hydrogens (tertiary/aromatic N) is 1. The van der Waals surface area contributed by atoms with Gasteiger partial charge in [0, 0.05) is 25.2 Å². The second kappa shape index (κ2) is 9.22. The SMILES string of the molecule is CC(C)N(CCNC(=O)CSCC(=O)O)C(C)C. The quantitative estimate of drug-likeness (QED) is 0.658. The molecule has 2 N–H and O–H groups in total. The molecular weight excluding hydrogens is 252 g/mol. The van der Waals surface area contributed by atoms with Crippen molar-refractivity contribution in [2.24, 2.45) is 0 Å². The molecule has 0 aliphatic rings.